The molecule has 3 heterocycles. The van der Waals surface area contributed by atoms with Crippen LogP contribution in [0.1, 0.15) is 28.6 Å². The molecule has 0 aromatic carbocycles. The molecule has 2 N–H and O–H groups in total. The number of hydrogen-bond donors (Lipinski definition) is 2. The summed E-state index contributed by atoms with van der Waals surface area (Å²) in [5.41, 5.74) is 2.94. The number of methoxy groups -OCH3 is 1. The number of guanidine groups is 1. The number of nitrogens with one attached hydrogen (secondary N) is 2. The van der Waals surface area contributed by atoms with Gasteiger partial charge in [-0.2, -0.15) is 5.10 Å². The summed E-state index contributed by atoms with van der Waals surface area (Å²) in [7, 11) is 3.44. The average Bonchev–Trinajstić information content (AvgIpc) is 3.16. The van der Waals surface area contributed by atoms with Crippen molar-refractivity contribution in [2.75, 3.05) is 14.2 Å². The lowest BCUT2D eigenvalue weighted by molar-refractivity contribution is 0.177. The Morgan fingerprint density at radius 3 is 3.04 bits per heavy atom. The average molecular weight is 477 g/mol. The van der Waals surface area contributed by atoms with Crippen LogP contribution in [-0.4, -0.2) is 45.9 Å². The third kappa shape index (κ3) is 5.11. The van der Waals surface area contributed by atoms with Gasteiger partial charge in [0.15, 0.2) is 11.8 Å². The molecule has 1 aliphatic rings. The molecule has 0 saturated heterocycles. The van der Waals surface area contributed by atoms with Crippen LogP contribution >= 0.6 is 35.3 Å². The molecule has 1 aliphatic heterocycles. The molecule has 2 aromatic heterocycles. The lowest BCUT2D eigenvalue weighted by atomic mass is 10.1. The fraction of sp³-hybridized carbons (Fsp3) is 0.600. The quantitative estimate of drug-likeness (QED) is 0.386. The zero-order valence-electron chi connectivity index (χ0n) is 14.7. The minimum Gasteiger partial charge on any atom is -0.377 e. The molecule has 0 spiro atoms. The summed E-state index contributed by atoms with van der Waals surface area (Å²) in [5, 5.41) is 11.3. The van der Waals surface area contributed by atoms with E-state index in [4.69, 9.17) is 4.74 Å². The first-order chi connectivity index (χ1) is 11.7. The van der Waals surface area contributed by atoms with Crippen LogP contribution in [-0.2, 0) is 30.9 Å². The maximum absolute atomic E-state index is 5.10. The van der Waals surface area contributed by atoms with E-state index in [0.717, 1.165) is 49.2 Å². The summed E-state index contributed by atoms with van der Waals surface area (Å²) in [4.78, 5) is 14.3. The molecule has 25 heavy (non-hydrogen) atoms. The summed E-state index contributed by atoms with van der Waals surface area (Å²) < 4.78 is 7.07. The van der Waals surface area contributed by atoms with Crippen molar-refractivity contribution in [3.05, 3.63) is 27.7 Å². The molecule has 138 valence electrons. The van der Waals surface area contributed by atoms with E-state index >= 15 is 0 Å². The van der Waals surface area contributed by atoms with Gasteiger partial charge >= 0.3 is 0 Å². The molecule has 0 aliphatic carbocycles. The zero-order valence-corrected chi connectivity index (χ0v) is 17.8. The Labute approximate surface area is 168 Å². The van der Waals surface area contributed by atoms with Gasteiger partial charge in [-0.15, -0.1) is 35.3 Å². The fourth-order valence-electron chi connectivity index (χ4n) is 2.72. The lowest BCUT2D eigenvalue weighted by Gasteiger charge is -2.25. The smallest absolute Gasteiger partial charge is 0.191 e. The van der Waals surface area contributed by atoms with Crippen molar-refractivity contribution in [1.29, 1.82) is 0 Å². The first-order valence-electron chi connectivity index (χ1n) is 7.97. The van der Waals surface area contributed by atoms with E-state index in [-0.39, 0.29) is 30.0 Å². The molecule has 8 nitrogen and oxygen atoms in total. The number of fused-ring (bicyclic) bond motifs is 1. The summed E-state index contributed by atoms with van der Waals surface area (Å²) in [5.74, 6) is 2.58. The van der Waals surface area contributed by atoms with E-state index in [2.05, 4.69) is 30.7 Å². The number of nitrogens with zero attached hydrogens (tertiary/aromatic N) is 5. The maximum atomic E-state index is 5.10. The summed E-state index contributed by atoms with van der Waals surface area (Å²) >= 11 is 1.66. The molecule has 3 rings (SSSR count). The van der Waals surface area contributed by atoms with Gasteiger partial charge in [0.2, 0.25) is 0 Å². The van der Waals surface area contributed by atoms with Gasteiger partial charge in [0.05, 0.1) is 24.3 Å². The molecule has 0 radical (unpaired) electrons. The Balaban J connectivity index is 0.00000225. The first-order valence-corrected chi connectivity index (χ1v) is 8.85. The van der Waals surface area contributed by atoms with Crippen LogP contribution in [0.5, 0.6) is 0 Å². The van der Waals surface area contributed by atoms with Crippen molar-refractivity contribution in [2.24, 2.45) is 4.99 Å². The molecular weight excluding hydrogens is 453 g/mol. The van der Waals surface area contributed by atoms with Crippen LogP contribution in [0.15, 0.2) is 10.5 Å². The molecule has 1 unspecified atom stereocenters. The van der Waals surface area contributed by atoms with E-state index < -0.39 is 0 Å². The second kappa shape index (κ2) is 9.43. The highest BCUT2D eigenvalue weighted by atomic mass is 127. The second-order valence-electron chi connectivity index (χ2n) is 5.73. The van der Waals surface area contributed by atoms with Crippen molar-refractivity contribution in [3.63, 3.8) is 0 Å². The van der Waals surface area contributed by atoms with E-state index in [1.54, 1.807) is 25.5 Å². The van der Waals surface area contributed by atoms with Gasteiger partial charge in [0.25, 0.3) is 0 Å². The van der Waals surface area contributed by atoms with Crippen LogP contribution < -0.4 is 10.6 Å². The van der Waals surface area contributed by atoms with Gasteiger partial charge < -0.3 is 15.4 Å². The second-order valence-corrected chi connectivity index (χ2v) is 6.67. The van der Waals surface area contributed by atoms with E-state index in [9.17, 15) is 0 Å². The molecule has 0 amide bonds. The van der Waals surface area contributed by atoms with Gasteiger partial charge in [-0.25, -0.2) is 14.6 Å². The van der Waals surface area contributed by atoms with E-state index in [1.165, 1.54) is 4.88 Å². The van der Waals surface area contributed by atoms with Crippen LogP contribution in [0, 0.1) is 6.92 Å². The Morgan fingerprint density at radius 2 is 2.36 bits per heavy atom. The monoisotopic (exact) mass is 477 g/mol. The van der Waals surface area contributed by atoms with Crippen molar-refractivity contribution < 1.29 is 4.74 Å². The Bertz CT molecular complexity index is 715. The number of aromatic nitrogens is 4. The minimum absolute atomic E-state index is 0. The van der Waals surface area contributed by atoms with E-state index in [1.807, 2.05) is 17.1 Å². The number of thiazole rings is 1. The summed E-state index contributed by atoms with van der Waals surface area (Å²) in [6.45, 7) is 3.99. The molecular formula is C15H24IN7OS. The van der Waals surface area contributed by atoms with Crippen molar-refractivity contribution >= 4 is 41.3 Å². The molecule has 0 saturated carbocycles. The van der Waals surface area contributed by atoms with Gasteiger partial charge in [-0.3, -0.25) is 4.99 Å². The first kappa shape index (κ1) is 20.0. The van der Waals surface area contributed by atoms with Crippen LogP contribution in [0.25, 0.3) is 0 Å². The van der Waals surface area contributed by atoms with E-state index in [0.29, 0.717) is 6.61 Å². The number of hydrogen-bond acceptors (Lipinski definition) is 6. The van der Waals surface area contributed by atoms with Gasteiger partial charge in [0, 0.05) is 31.5 Å². The predicted octanol–water partition coefficient (Wildman–Crippen LogP) is 1.49. The SMILES string of the molecule is CN=C(NCc1scnc1C)NC1CCc2nc(COC)nn2C1.I. The summed E-state index contributed by atoms with van der Waals surface area (Å²) in [6.07, 6.45) is 1.91. The Kier molecular flexibility index (Phi) is 7.56. The van der Waals surface area contributed by atoms with Crippen LogP contribution in [0.3, 0.4) is 0 Å². The third-order valence-corrected chi connectivity index (χ3v) is 4.94. The van der Waals surface area contributed by atoms with Crippen molar-refractivity contribution in [2.45, 2.75) is 45.5 Å². The topological polar surface area (TPSA) is 89.2 Å². The van der Waals surface area contributed by atoms with Gasteiger partial charge in [-0.1, -0.05) is 0 Å². The molecule has 2 aromatic rings. The van der Waals surface area contributed by atoms with Crippen molar-refractivity contribution in [1.82, 2.24) is 30.4 Å². The third-order valence-electron chi connectivity index (χ3n) is 4.00. The minimum atomic E-state index is 0. The van der Waals surface area contributed by atoms with Crippen LogP contribution in [0.2, 0.25) is 0 Å². The number of ether oxygens (including phenoxy) is 1. The lowest BCUT2D eigenvalue weighted by Crippen LogP contribution is -2.46. The molecule has 0 fully saturated rings. The maximum Gasteiger partial charge on any atom is 0.191 e. The number of aryl methyl sites for hydroxylation is 2. The Hall–Kier alpha value is -1.27. The highest BCUT2D eigenvalue weighted by Crippen LogP contribution is 2.14. The molecule has 1 atom stereocenters. The largest absolute Gasteiger partial charge is 0.377 e. The van der Waals surface area contributed by atoms with Gasteiger partial charge in [-0.05, 0) is 13.3 Å². The van der Waals surface area contributed by atoms with Crippen LogP contribution in [0.4, 0.5) is 0 Å². The fourth-order valence-corrected chi connectivity index (χ4v) is 3.43. The zero-order chi connectivity index (χ0) is 16.9. The summed E-state index contributed by atoms with van der Waals surface area (Å²) in [6, 6.07) is 0.281. The normalized spacial score (nSPS) is 16.9. The molecule has 0 bridgehead atoms. The number of rotatable bonds is 5. The molecule has 10 heteroatoms. The highest BCUT2D eigenvalue weighted by Gasteiger charge is 2.22. The van der Waals surface area contributed by atoms with Crippen molar-refractivity contribution in [3.8, 4) is 0 Å². The van der Waals surface area contributed by atoms with Gasteiger partial charge in [0.1, 0.15) is 12.4 Å². The standard InChI is InChI=1S/C15H23N7OS.HI/c1-10-12(24-9-18-10)6-17-15(16-2)19-11-4-5-14-20-13(8-23-3)21-22(14)7-11;/h9,11H,4-8H2,1-3H3,(H2,16,17,19);1H. The Morgan fingerprint density at radius 1 is 1.52 bits per heavy atom. The number of aliphatic imine (C=N–C) groups is 1. The predicted molar refractivity (Wildman–Crippen MR) is 108 cm³/mol. The highest BCUT2D eigenvalue weighted by molar-refractivity contribution is 14.0. The number of halogens is 1.